The largest absolute Gasteiger partial charge is 0.390 e. The van der Waals surface area contributed by atoms with Crippen molar-refractivity contribution in [1.29, 1.82) is 0 Å². The maximum atomic E-state index is 10.9. The van der Waals surface area contributed by atoms with E-state index >= 15 is 0 Å². The number of nitro groups is 1. The second-order valence-corrected chi connectivity index (χ2v) is 4.50. The minimum Gasteiger partial charge on any atom is -0.390 e. The fraction of sp³-hybridized carbons (Fsp3) is 0.417. The molecule has 96 valence electrons. The van der Waals surface area contributed by atoms with Crippen LogP contribution in [-0.2, 0) is 0 Å². The standard InChI is InChI=1S/C12H14N2O4/c1-7-4-8(5-11(15)12(7)16)9-2-3-13-6-10(9)14(17)18/h2-3,5-7,11-12,15-16H,4H2,1H3/t7-,11+,12+/m0/s1. The summed E-state index contributed by atoms with van der Waals surface area (Å²) in [6.07, 6.45) is 2.82. The molecule has 3 atom stereocenters. The van der Waals surface area contributed by atoms with Gasteiger partial charge in [-0.3, -0.25) is 15.1 Å². The van der Waals surface area contributed by atoms with E-state index in [1.54, 1.807) is 13.0 Å². The van der Waals surface area contributed by atoms with Crippen LogP contribution in [0.4, 0.5) is 5.69 Å². The van der Waals surface area contributed by atoms with Crippen molar-refractivity contribution in [3.05, 3.63) is 40.2 Å². The van der Waals surface area contributed by atoms with Gasteiger partial charge in [-0.15, -0.1) is 0 Å². The van der Waals surface area contributed by atoms with Gasteiger partial charge < -0.3 is 10.2 Å². The second-order valence-electron chi connectivity index (χ2n) is 4.50. The Hall–Kier alpha value is -1.79. The summed E-state index contributed by atoms with van der Waals surface area (Å²) in [7, 11) is 0. The molecular formula is C12H14N2O4. The van der Waals surface area contributed by atoms with Gasteiger partial charge in [0.1, 0.15) is 6.20 Å². The average Bonchev–Trinajstić information content (AvgIpc) is 2.35. The van der Waals surface area contributed by atoms with Crippen molar-refractivity contribution >= 4 is 11.3 Å². The Balaban J connectivity index is 2.44. The molecule has 0 bridgehead atoms. The summed E-state index contributed by atoms with van der Waals surface area (Å²) in [5.41, 5.74) is 1.04. The van der Waals surface area contributed by atoms with E-state index in [4.69, 9.17) is 0 Å². The lowest BCUT2D eigenvalue weighted by Crippen LogP contribution is -2.34. The molecule has 0 aromatic carbocycles. The van der Waals surface area contributed by atoms with E-state index in [9.17, 15) is 20.3 Å². The van der Waals surface area contributed by atoms with Crippen LogP contribution in [0.1, 0.15) is 18.9 Å². The maximum Gasteiger partial charge on any atom is 0.294 e. The van der Waals surface area contributed by atoms with E-state index in [0.717, 1.165) is 0 Å². The van der Waals surface area contributed by atoms with E-state index in [0.29, 0.717) is 17.6 Å². The number of pyridine rings is 1. The molecule has 6 heteroatoms. The molecule has 0 fully saturated rings. The molecule has 1 aromatic heterocycles. The highest BCUT2D eigenvalue weighted by Crippen LogP contribution is 2.34. The summed E-state index contributed by atoms with van der Waals surface area (Å²) in [6, 6.07) is 1.56. The number of allylic oxidation sites excluding steroid dienone is 1. The Kier molecular flexibility index (Phi) is 3.40. The van der Waals surface area contributed by atoms with E-state index < -0.39 is 17.1 Å². The Bertz CT molecular complexity index is 501. The third-order valence-electron chi connectivity index (χ3n) is 3.19. The lowest BCUT2D eigenvalue weighted by Gasteiger charge is -2.28. The summed E-state index contributed by atoms with van der Waals surface area (Å²) >= 11 is 0. The van der Waals surface area contributed by atoms with Crippen molar-refractivity contribution in [2.75, 3.05) is 0 Å². The van der Waals surface area contributed by atoms with Gasteiger partial charge in [0.05, 0.1) is 22.7 Å². The van der Waals surface area contributed by atoms with Crippen LogP contribution in [0.3, 0.4) is 0 Å². The van der Waals surface area contributed by atoms with Gasteiger partial charge >= 0.3 is 0 Å². The molecule has 0 saturated carbocycles. The van der Waals surface area contributed by atoms with E-state index in [1.165, 1.54) is 18.5 Å². The topological polar surface area (TPSA) is 96.5 Å². The molecular weight excluding hydrogens is 236 g/mol. The maximum absolute atomic E-state index is 10.9. The first-order valence-corrected chi connectivity index (χ1v) is 5.66. The van der Waals surface area contributed by atoms with E-state index in [-0.39, 0.29) is 11.6 Å². The van der Waals surface area contributed by atoms with Gasteiger partial charge in [-0.05, 0) is 30.1 Å². The minimum absolute atomic E-state index is 0.0838. The van der Waals surface area contributed by atoms with Crippen molar-refractivity contribution in [3.8, 4) is 0 Å². The molecule has 2 N–H and O–H groups in total. The average molecular weight is 250 g/mol. The fourth-order valence-electron chi connectivity index (χ4n) is 2.18. The first-order chi connectivity index (χ1) is 8.50. The number of aromatic nitrogens is 1. The number of aliphatic hydroxyl groups excluding tert-OH is 2. The number of rotatable bonds is 2. The molecule has 0 spiro atoms. The van der Waals surface area contributed by atoms with Gasteiger partial charge in [0.15, 0.2) is 0 Å². The zero-order chi connectivity index (χ0) is 13.3. The molecule has 0 unspecified atom stereocenters. The van der Waals surface area contributed by atoms with Gasteiger partial charge in [0.25, 0.3) is 5.69 Å². The van der Waals surface area contributed by atoms with Gasteiger partial charge in [-0.25, -0.2) is 0 Å². The van der Waals surface area contributed by atoms with Gasteiger partial charge in [-0.1, -0.05) is 6.92 Å². The molecule has 0 radical (unpaired) electrons. The second kappa shape index (κ2) is 4.83. The number of nitrogens with zero attached hydrogens (tertiary/aromatic N) is 2. The van der Waals surface area contributed by atoms with Crippen LogP contribution in [0, 0.1) is 16.0 Å². The van der Waals surface area contributed by atoms with Crippen molar-refractivity contribution in [2.45, 2.75) is 25.6 Å². The molecule has 1 aliphatic carbocycles. The van der Waals surface area contributed by atoms with Gasteiger partial charge in [-0.2, -0.15) is 0 Å². The third kappa shape index (κ3) is 2.25. The first-order valence-electron chi connectivity index (χ1n) is 5.66. The molecule has 0 amide bonds. The monoisotopic (exact) mass is 250 g/mol. The molecule has 0 saturated heterocycles. The smallest absolute Gasteiger partial charge is 0.294 e. The summed E-state index contributed by atoms with van der Waals surface area (Å²) in [4.78, 5) is 14.2. The van der Waals surface area contributed by atoms with Crippen LogP contribution in [0.15, 0.2) is 24.5 Å². The first kappa shape index (κ1) is 12.7. The number of hydrogen-bond donors (Lipinski definition) is 2. The van der Waals surface area contributed by atoms with Crippen molar-refractivity contribution < 1.29 is 15.1 Å². The minimum atomic E-state index is -0.989. The number of aliphatic hydroxyl groups is 2. The highest BCUT2D eigenvalue weighted by atomic mass is 16.6. The highest BCUT2D eigenvalue weighted by Gasteiger charge is 2.30. The zero-order valence-electron chi connectivity index (χ0n) is 9.85. The Morgan fingerprint density at radius 1 is 1.50 bits per heavy atom. The molecule has 0 aliphatic heterocycles. The lowest BCUT2D eigenvalue weighted by atomic mass is 9.83. The SMILES string of the molecule is C[C@H]1CC(c2ccncc2[N+](=O)[O-])=C[C@@H](O)[C@@H]1O. The highest BCUT2D eigenvalue weighted by molar-refractivity contribution is 5.73. The third-order valence-corrected chi connectivity index (χ3v) is 3.19. The molecule has 1 aliphatic rings. The van der Waals surface area contributed by atoms with Crippen molar-refractivity contribution in [1.82, 2.24) is 4.98 Å². The Morgan fingerprint density at radius 3 is 2.83 bits per heavy atom. The quantitative estimate of drug-likeness (QED) is 0.606. The van der Waals surface area contributed by atoms with Crippen molar-refractivity contribution in [3.63, 3.8) is 0 Å². The Morgan fingerprint density at radius 2 is 2.22 bits per heavy atom. The normalized spacial score (nSPS) is 27.7. The van der Waals surface area contributed by atoms with E-state index in [2.05, 4.69) is 4.98 Å². The lowest BCUT2D eigenvalue weighted by molar-refractivity contribution is -0.385. The van der Waals surface area contributed by atoms with Gasteiger partial charge in [0.2, 0.25) is 0 Å². The molecule has 2 rings (SSSR count). The van der Waals surface area contributed by atoms with E-state index in [1.807, 2.05) is 0 Å². The molecule has 6 nitrogen and oxygen atoms in total. The van der Waals surface area contributed by atoms with Crippen LogP contribution in [0.25, 0.3) is 5.57 Å². The molecule has 1 aromatic rings. The summed E-state index contributed by atoms with van der Waals surface area (Å²) in [6.45, 7) is 1.80. The molecule has 18 heavy (non-hydrogen) atoms. The van der Waals surface area contributed by atoms with Crippen molar-refractivity contribution in [2.24, 2.45) is 5.92 Å². The number of hydrogen-bond acceptors (Lipinski definition) is 5. The zero-order valence-corrected chi connectivity index (χ0v) is 9.85. The predicted octanol–water partition coefficient (Wildman–Crippen LogP) is 1.13. The summed E-state index contributed by atoms with van der Waals surface area (Å²) < 4.78 is 0. The van der Waals surface area contributed by atoms with Gasteiger partial charge in [0, 0.05) is 6.20 Å². The Labute approximate surface area is 104 Å². The van der Waals surface area contributed by atoms with Crippen LogP contribution >= 0.6 is 0 Å². The summed E-state index contributed by atoms with van der Waals surface area (Å²) in [5.74, 6) is -0.146. The predicted molar refractivity (Wildman–Crippen MR) is 64.7 cm³/mol. The van der Waals surface area contributed by atoms with Crippen LogP contribution in [0.2, 0.25) is 0 Å². The molecule has 1 heterocycles. The van der Waals surface area contributed by atoms with Crippen LogP contribution in [-0.4, -0.2) is 32.3 Å². The van der Waals surface area contributed by atoms with Crippen LogP contribution in [0.5, 0.6) is 0 Å². The summed E-state index contributed by atoms with van der Waals surface area (Å²) in [5, 5.41) is 30.3. The fourth-order valence-corrected chi connectivity index (χ4v) is 2.18. The van der Waals surface area contributed by atoms with Crippen LogP contribution < -0.4 is 0 Å².